The lowest BCUT2D eigenvalue weighted by molar-refractivity contribution is -0.139. The fourth-order valence-corrected chi connectivity index (χ4v) is 5.62. The zero-order chi connectivity index (χ0) is 23.0. The molecular weight excluding hydrogens is 434 g/mol. The van der Waals surface area contributed by atoms with Crippen LogP contribution in [0, 0.1) is 11.7 Å². The molecule has 10 heteroatoms. The van der Waals surface area contributed by atoms with Crippen molar-refractivity contribution < 1.29 is 26.0 Å². The van der Waals surface area contributed by atoms with Crippen molar-refractivity contribution in [1.29, 1.82) is 0 Å². The summed E-state index contributed by atoms with van der Waals surface area (Å²) in [5, 5.41) is 4.03. The molecule has 1 aliphatic rings. The van der Waals surface area contributed by atoms with Gasteiger partial charge >= 0.3 is 6.18 Å². The second kappa shape index (κ2) is 8.54. The number of hydrogen-bond acceptors (Lipinski definition) is 3. The van der Waals surface area contributed by atoms with E-state index in [1.165, 1.54) is 31.5 Å². The standard InChI is InChI=1S/C21H27F4N3O2S/c1-20(2,3)27-31(29,30)18-10-9-15(11-16(18)21(23,24)25)19-17(22)12-26-28(19)13-14-7-5-4-6-8-14/h9-12,14,27H,4-8,13H2,1-3H3. The summed E-state index contributed by atoms with van der Waals surface area (Å²) >= 11 is 0. The minimum absolute atomic E-state index is 0.0622. The first-order valence-corrected chi connectivity index (χ1v) is 11.7. The first-order chi connectivity index (χ1) is 14.3. The summed E-state index contributed by atoms with van der Waals surface area (Å²) in [5.74, 6) is -0.461. The van der Waals surface area contributed by atoms with Crippen molar-refractivity contribution in [3.05, 3.63) is 35.8 Å². The van der Waals surface area contributed by atoms with Crippen molar-refractivity contribution in [3.8, 4) is 11.3 Å². The van der Waals surface area contributed by atoms with Gasteiger partial charge < -0.3 is 0 Å². The van der Waals surface area contributed by atoms with Crippen LogP contribution in [-0.4, -0.2) is 23.7 Å². The van der Waals surface area contributed by atoms with Crippen LogP contribution in [0.3, 0.4) is 0 Å². The van der Waals surface area contributed by atoms with E-state index >= 15 is 0 Å². The van der Waals surface area contributed by atoms with E-state index < -0.39 is 38.0 Å². The van der Waals surface area contributed by atoms with Crippen LogP contribution < -0.4 is 4.72 Å². The molecule has 0 unspecified atom stereocenters. The van der Waals surface area contributed by atoms with Crippen molar-refractivity contribution >= 4 is 10.0 Å². The van der Waals surface area contributed by atoms with E-state index in [0.29, 0.717) is 12.6 Å². The van der Waals surface area contributed by atoms with E-state index in [1.54, 1.807) is 0 Å². The average molecular weight is 462 g/mol. The average Bonchev–Trinajstić information content (AvgIpc) is 2.99. The van der Waals surface area contributed by atoms with Crippen LogP contribution in [0.2, 0.25) is 0 Å². The smallest absolute Gasteiger partial charge is 0.262 e. The molecule has 0 aliphatic heterocycles. The van der Waals surface area contributed by atoms with Crippen LogP contribution in [-0.2, 0) is 22.7 Å². The van der Waals surface area contributed by atoms with Gasteiger partial charge in [0, 0.05) is 17.6 Å². The molecule has 172 valence electrons. The second-order valence-corrected chi connectivity index (χ2v) is 10.7. The van der Waals surface area contributed by atoms with Gasteiger partial charge in [-0.2, -0.15) is 18.3 Å². The maximum absolute atomic E-state index is 14.5. The molecule has 0 amide bonds. The van der Waals surface area contributed by atoms with Gasteiger partial charge in [0.1, 0.15) is 5.69 Å². The fourth-order valence-electron chi connectivity index (χ4n) is 3.99. The highest BCUT2D eigenvalue weighted by Crippen LogP contribution is 2.38. The van der Waals surface area contributed by atoms with Gasteiger partial charge in [-0.15, -0.1) is 0 Å². The zero-order valence-electron chi connectivity index (χ0n) is 17.8. The Kier molecular flexibility index (Phi) is 6.53. The maximum atomic E-state index is 14.5. The summed E-state index contributed by atoms with van der Waals surface area (Å²) in [4.78, 5) is -0.891. The molecule has 5 nitrogen and oxygen atoms in total. The summed E-state index contributed by atoms with van der Waals surface area (Å²) in [5.41, 5.74) is -2.44. The number of aromatic nitrogens is 2. The molecule has 1 aliphatic carbocycles. The fraction of sp³-hybridized carbons (Fsp3) is 0.571. The molecule has 31 heavy (non-hydrogen) atoms. The van der Waals surface area contributed by atoms with Crippen molar-refractivity contribution in [2.75, 3.05) is 0 Å². The predicted molar refractivity (Wildman–Crippen MR) is 109 cm³/mol. The quantitative estimate of drug-likeness (QED) is 0.610. The first-order valence-electron chi connectivity index (χ1n) is 10.2. The van der Waals surface area contributed by atoms with Crippen LogP contribution in [0.4, 0.5) is 17.6 Å². The Labute approximate surface area is 179 Å². The third kappa shape index (κ3) is 5.65. The van der Waals surface area contributed by atoms with Gasteiger partial charge in [-0.25, -0.2) is 17.5 Å². The minimum atomic E-state index is -4.94. The lowest BCUT2D eigenvalue weighted by Crippen LogP contribution is -2.41. The summed E-state index contributed by atoms with van der Waals surface area (Å²) in [6.45, 7) is 5.01. The van der Waals surface area contributed by atoms with Crippen molar-refractivity contribution in [2.45, 2.75) is 76.0 Å². The lowest BCUT2D eigenvalue weighted by atomic mass is 9.89. The molecule has 1 fully saturated rings. The summed E-state index contributed by atoms with van der Waals surface area (Å²) in [6, 6.07) is 2.77. The minimum Gasteiger partial charge on any atom is -0.262 e. The van der Waals surface area contributed by atoms with Gasteiger partial charge in [0.2, 0.25) is 10.0 Å². The Morgan fingerprint density at radius 1 is 1.13 bits per heavy atom. The summed E-state index contributed by atoms with van der Waals surface area (Å²) in [6.07, 6.45) is 1.24. The number of benzene rings is 1. The summed E-state index contributed by atoms with van der Waals surface area (Å²) in [7, 11) is -4.45. The Morgan fingerprint density at radius 3 is 2.35 bits per heavy atom. The molecule has 0 saturated heterocycles. The number of alkyl halides is 3. The molecule has 1 aromatic carbocycles. The largest absolute Gasteiger partial charge is 0.417 e. The molecule has 0 atom stereocenters. The van der Waals surface area contributed by atoms with Crippen LogP contribution in [0.25, 0.3) is 11.3 Å². The molecule has 1 N–H and O–H groups in total. The number of nitrogens with zero attached hydrogens (tertiary/aromatic N) is 2. The molecule has 0 radical (unpaired) electrons. The first kappa shape index (κ1) is 23.7. The topological polar surface area (TPSA) is 64.0 Å². The highest BCUT2D eigenvalue weighted by Gasteiger charge is 2.39. The highest BCUT2D eigenvalue weighted by molar-refractivity contribution is 7.89. The molecule has 2 aromatic rings. The third-order valence-corrected chi connectivity index (χ3v) is 7.06. The van der Waals surface area contributed by atoms with Crippen molar-refractivity contribution in [3.63, 3.8) is 0 Å². The highest BCUT2D eigenvalue weighted by atomic mass is 32.2. The van der Waals surface area contributed by atoms with Crippen molar-refractivity contribution in [2.24, 2.45) is 5.92 Å². The Hall–Kier alpha value is -1.94. The van der Waals surface area contributed by atoms with Crippen LogP contribution in [0.15, 0.2) is 29.3 Å². The monoisotopic (exact) mass is 461 g/mol. The number of rotatable bonds is 5. The van der Waals surface area contributed by atoms with Gasteiger partial charge in [-0.1, -0.05) is 25.3 Å². The number of sulfonamides is 1. The van der Waals surface area contributed by atoms with Gasteiger partial charge in [-0.05, 0) is 51.7 Å². The molecular formula is C21H27F4N3O2S. The van der Waals surface area contributed by atoms with E-state index in [9.17, 15) is 26.0 Å². The van der Waals surface area contributed by atoms with Gasteiger partial charge in [-0.3, -0.25) is 4.68 Å². The van der Waals surface area contributed by atoms with E-state index in [2.05, 4.69) is 9.82 Å². The second-order valence-electron chi connectivity index (χ2n) is 9.09. The molecule has 1 heterocycles. The van der Waals surface area contributed by atoms with E-state index in [0.717, 1.165) is 44.4 Å². The van der Waals surface area contributed by atoms with Gasteiger partial charge in [0.15, 0.2) is 5.82 Å². The SMILES string of the molecule is CC(C)(C)NS(=O)(=O)c1ccc(-c2c(F)cnn2CC2CCCCC2)cc1C(F)(F)F. The van der Waals surface area contributed by atoms with Crippen LogP contribution in [0.5, 0.6) is 0 Å². The lowest BCUT2D eigenvalue weighted by Gasteiger charge is -2.23. The maximum Gasteiger partial charge on any atom is 0.417 e. The van der Waals surface area contributed by atoms with Gasteiger partial charge in [0.05, 0.1) is 16.7 Å². The van der Waals surface area contributed by atoms with Crippen molar-refractivity contribution in [1.82, 2.24) is 14.5 Å². The predicted octanol–water partition coefficient (Wildman–Crippen LogP) is 5.37. The zero-order valence-corrected chi connectivity index (χ0v) is 18.6. The Balaban J connectivity index is 2.06. The van der Waals surface area contributed by atoms with Crippen LogP contribution >= 0.6 is 0 Å². The number of halogens is 4. The van der Waals surface area contributed by atoms with E-state index in [4.69, 9.17) is 0 Å². The molecule has 0 spiro atoms. The molecule has 0 bridgehead atoms. The van der Waals surface area contributed by atoms with E-state index in [-0.39, 0.29) is 17.2 Å². The Morgan fingerprint density at radius 2 is 1.77 bits per heavy atom. The Bertz CT molecular complexity index is 1030. The third-order valence-electron chi connectivity index (χ3n) is 5.24. The normalized spacial score (nSPS) is 16.6. The summed E-state index contributed by atoms with van der Waals surface area (Å²) < 4.78 is 84.8. The van der Waals surface area contributed by atoms with Crippen LogP contribution in [0.1, 0.15) is 58.4 Å². The number of hydrogen-bond donors (Lipinski definition) is 1. The molecule has 1 aromatic heterocycles. The molecule has 1 saturated carbocycles. The number of nitrogens with one attached hydrogen (secondary N) is 1. The molecule has 3 rings (SSSR count). The van der Waals surface area contributed by atoms with Gasteiger partial charge in [0.25, 0.3) is 0 Å². The van der Waals surface area contributed by atoms with E-state index in [1.807, 2.05) is 0 Å².